The third kappa shape index (κ3) is 8.45. The van der Waals surface area contributed by atoms with E-state index in [1.54, 1.807) is 109 Å². The molecular weight excluding hydrogens is 654 g/mol. The second kappa shape index (κ2) is 16.6. The molecular formula is C36H37N9O6. The standard InChI is InChI=1S/C36H37N9O6/c37-32(46)30(22-13-23-39-34(38)40-45(50)51)41(33(47)31(26-14-5-1-6-15-26)27-16-7-2-8-17-27)24-25-42-35(48)43(28-18-9-3-10-19-28)44(36(42)49)29-20-11-4-12-21-29/h1-12,14-21,30-31H,13,22-25H2,(H2,37,46)(H3,38,39,40)/t30-/m1/s1. The van der Waals surface area contributed by atoms with Crippen LogP contribution in [0.3, 0.4) is 0 Å². The van der Waals surface area contributed by atoms with Crippen molar-refractivity contribution in [2.75, 3.05) is 13.1 Å². The number of hydrazone groups is 1. The first-order valence-electron chi connectivity index (χ1n) is 16.1. The molecule has 1 atom stereocenters. The molecule has 0 spiro atoms. The lowest BCUT2D eigenvalue weighted by Gasteiger charge is -2.33. The number of hydrogen-bond donors (Lipinski definition) is 3. The van der Waals surface area contributed by atoms with Crippen LogP contribution in [-0.4, -0.2) is 60.8 Å². The summed E-state index contributed by atoms with van der Waals surface area (Å²) in [5.74, 6) is -2.57. The topological polar surface area (TPSA) is 206 Å². The highest BCUT2D eigenvalue weighted by molar-refractivity contribution is 5.92. The molecule has 5 aromatic rings. The first-order chi connectivity index (χ1) is 24.7. The van der Waals surface area contributed by atoms with E-state index in [-0.39, 0.29) is 32.5 Å². The molecule has 0 fully saturated rings. The summed E-state index contributed by atoms with van der Waals surface area (Å²) in [5.41, 5.74) is 12.4. The van der Waals surface area contributed by atoms with E-state index >= 15 is 0 Å². The van der Waals surface area contributed by atoms with E-state index in [9.17, 15) is 29.3 Å². The van der Waals surface area contributed by atoms with Crippen molar-refractivity contribution < 1.29 is 14.6 Å². The average molecular weight is 692 g/mol. The molecule has 15 nitrogen and oxygen atoms in total. The van der Waals surface area contributed by atoms with Gasteiger partial charge in [-0.05, 0) is 48.2 Å². The van der Waals surface area contributed by atoms with Gasteiger partial charge in [-0.3, -0.25) is 9.59 Å². The van der Waals surface area contributed by atoms with Gasteiger partial charge in [0, 0.05) is 13.1 Å². The number of nitro groups is 1. The molecule has 0 aliphatic carbocycles. The van der Waals surface area contributed by atoms with E-state index < -0.39 is 46.1 Å². The van der Waals surface area contributed by atoms with Gasteiger partial charge in [0.25, 0.3) is 5.96 Å². The molecule has 262 valence electrons. The number of primary amides is 1. The largest absolute Gasteiger partial charge is 0.368 e. The highest BCUT2D eigenvalue weighted by Gasteiger charge is 2.34. The number of rotatable bonds is 15. The van der Waals surface area contributed by atoms with E-state index in [1.807, 2.05) is 12.1 Å². The molecule has 51 heavy (non-hydrogen) atoms. The summed E-state index contributed by atoms with van der Waals surface area (Å²) in [7, 11) is 0. The minimum Gasteiger partial charge on any atom is -0.368 e. The maximum atomic E-state index is 14.8. The maximum absolute atomic E-state index is 14.8. The Hall–Kier alpha value is -6.77. The number of para-hydroxylation sites is 2. The Balaban J connectivity index is 1.56. The van der Waals surface area contributed by atoms with Crippen molar-refractivity contribution in [3.05, 3.63) is 164 Å². The van der Waals surface area contributed by atoms with E-state index in [1.165, 1.54) is 14.3 Å². The number of amides is 2. The summed E-state index contributed by atoms with van der Waals surface area (Å²) < 4.78 is 3.54. The van der Waals surface area contributed by atoms with E-state index in [2.05, 4.69) is 10.4 Å². The molecule has 0 aliphatic rings. The van der Waals surface area contributed by atoms with Crippen LogP contribution in [0.15, 0.2) is 136 Å². The second-order valence-corrected chi connectivity index (χ2v) is 11.5. The Morgan fingerprint density at radius 3 is 1.65 bits per heavy atom. The van der Waals surface area contributed by atoms with Crippen LogP contribution in [0, 0.1) is 10.1 Å². The Morgan fingerprint density at radius 2 is 1.22 bits per heavy atom. The average Bonchev–Trinajstić information content (AvgIpc) is 3.38. The highest BCUT2D eigenvalue weighted by Crippen LogP contribution is 2.28. The van der Waals surface area contributed by atoms with Crippen molar-refractivity contribution in [2.24, 2.45) is 16.6 Å². The zero-order valence-corrected chi connectivity index (χ0v) is 27.5. The Bertz CT molecular complexity index is 1990. The molecule has 0 unspecified atom stereocenters. The first kappa shape index (κ1) is 35.5. The Morgan fingerprint density at radius 1 is 0.765 bits per heavy atom. The Kier molecular flexibility index (Phi) is 11.5. The quantitative estimate of drug-likeness (QED) is 0.0487. The molecule has 0 aliphatic heterocycles. The van der Waals surface area contributed by atoms with Crippen LogP contribution in [0.2, 0.25) is 0 Å². The van der Waals surface area contributed by atoms with Gasteiger partial charge in [-0.25, -0.2) is 24.3 Å². The molecule has 0 saturated heterocycles. The molecule has 5 rings (SSSR count). The Labute approximate surface area is 292 Å². The van der Waals surface area contributed by atoms with Crippen LogP contribution in [0.25, 0.3) is 11.4 Å². The van der Waals surface area contributed by atoms with Crippen molar-refractivity contribution in [3.8, 4) is 11.4 Å². The van der Waals surface area contributed by atoms with Gasteiger partial charge >= 0.3 is 11.4 Å². The SMILES string of the molecule is NC(=O)[C@@H](CCCNC(N)=N[N+](=O)[O-])N(CCn1c(=O)n(-c2ccccc2)n(-c2ccccc2)c1=O)C(=O)C(c1ccccc1)c1ccccc1. The van der Waals surface area contributed by atoms with Crippen molar-refractivity contribution in [1.29, 1.82) is 0 Å². The molecule has 4 aromatic carbocycles. The lowest BCUT2D eigenvalue weighted by molar-refractivity contribution is -0.485. The molecule has 1 heterocycles. The summed E-state index contributed by atoms with van der Waals surface area (Å²) in [4.78, 5) is 67.9. The van der Waals surface area contributed by atoms with Gasteiger partial charge in [0.2, 0.25) is 11.8 Å². The summed E-state index contributed by atoms with van der Waals surface area (Å²) in [5, 5.41) is 15.3. The minimum absolute atomic E-state index is 0.0320. The molecule has 5 N–H and O–H groups in total. The number of carbonyl (C=O) groups excluding carboxylic acids is 2. The van der Waals surface area contributed by atoms with Crippen LogP contribution in [0.4, 0.5) is 0 Å². The van der Waals surface area contributed by atoms with Crippen LogP contribution in [0.1, 0.15) is 29.9 Å². The fraction of sp³-hybridized carbons (Fsp3) is 0.194. The molecule has 0 bridgehead atoms. The molecule has 15 heteroatoms. The zero-order valence-electron chi connectivity index (χ0n) is 27.5. The van der Waals surface area contributed by atoms with Crippen LogP contribution >= 0.6 is 0 Å². The van der Waals surface area contributed by atoms with Gasteiger partial charge in [-0.1, -0.05) is 97.1 Å². The summed E-state index contributed by atoms with van der Waals surface area (Å²) in [6.45, 7) is -0.419. The monoisotopic (exact) mass is 691 g/mol. The number of nitrogens with two attached hydrogens (primary N) is 2. The second-order valence-electron chi connectivity index (χ2n) is 11.5. The molecule has 0 saturated carbocycles. The number of nitrogens with one attached hydrogen (secondary N) is 1. The predicted octanol–water partition coefficient (Wildman–Crippen LogP) is 2.18. The lowest BCUT2D eigenvalue weighted by atomic mass is 9.89. The third-order valence-corrected chi connectivity index (χ3v) is 8.24. The van der Waals surface area contributed by atoms with Crippen molar-refractivity contribution in [3.63, 3.8) is 0 Å². The number of aromatic nitrogens is 3. The summed E-state index contributed by atoms with van der Waals surface area (Å²) in [6.07, 6.45) is 0.238. The van der Waals surface area contributed by atoms with Crippen molar-refractivity contribution in [2.45, 2.75) is 31.3 Å². The van der Waals surface area contributed by atoms with E-state index in [0.29, 0.717) is 22.5 Å². The number of carbonyl (C=O) groups is 2. The zero-order chi connectivity index (χ0) is 36.3. The van der Waals surface area contributed by atoms with Gasteiger partial charge in [0.05, 0.1) is 23.8 Å². The van der Waals surface area contributed by atoms with Gasteiger partial charge in [-0.2, -0.15) is 9.36 Å². The van der Waals surface area contributed by atoms with Gasteiger partial charge < -0.3 is 21.7 Å². The molecule has 1 aromatic heterocycles. The summed E-state index contributed by atoms with van der Waals surface area (Å²) in [6, 6.07) is 34.2. The number of nitrogens with zero attached hydrogens (tertiary/aromatic N) is 6. The number of guanidine groups is 1. The third-order valence-electron chi connectivity index (χ3n) is 8.24. The summed E-state index contributed by atoms with van der Waals surface area (Å²) >= 11 is 0. The van der Waals surface area contributed by atoms with Crippen molar-refractivity contribution >= 4 is 17.8 Å². The van der Waals surface area contributed by atoms with E-state index in [0.717, 1.165) is 4.57 Å². The number of hydrogen-bond acceptors (Lipinski definition) is 6. The number of benzene rings is 4. The van der Waals surface area contributed by atoms with E-state index in [4.69, 9.17) is 11.5 Å². The van der Waals surface area contributed by atoms with Crippen LogP contribution in [0.5, 0.6) is 0 Å². The smallest absolute Gasteiger partial charge is 0.352 e. The van der Waals surface area contributed by atoms with Crippen LogP contribution < -0.4 is 28.2 Å². The first-order valence-corrected chi connectivity index (χ1v) is 16.1. The fourth-order valence-electron chi connectivity index (χ4n) is 5.91. The fourth-order valence-corrected chi connectivity index (χ4v) is 5.91. The van der Waals surface area contributed by atoms with Gasteiger partial charge in [0.1, 0.15) is 11.1 Å². The highest BCUT2D eigenvalue weighted by atomic mass is 16.7. The van der Waals surface area contributed by atoms with Gasteiger partial charge in [-0.15, -0.1) is 0 Å². The minimum atomic E-state index is -1.19. The predicted molar refractivity (Wildman–Crippen MR) is 191 cm³/mol. The van der Waals surface area contributed by atoms with Crippen LogP contribution in [-0.2, 0) is 16.1 Å². The van der Waals surface area contributed by atoms with Crippen molar-refractivity contribution in [1.82, 2.24) is 24.1 Å². The lowest BCUT2D eigenvalue weighted by Crippen LogP contribution is -2.51. The van der Waals surface area contributed by atoms with Gasteiger partial charge in [0.15, 0.2) is 5.03 Å². The molecule has 0 radical (unpaired) electrons. The maximum Gasteiger partial charge on any atom is 0.352 e. The normalized spacial score (nSPS) is 12.0. The molecule has 2 amide bonds.